The van der Waals surface area contributed by atoms with E-state index in [1.807, 2.05) is 0 Å². The lowest BCUT2D eigenvalue weighted by Crippen LogP contribution is -2.45. The molecule has 0 spiro atoms. The second kappa shape index (κ2) is 7.80. The summed E-state index contributed by atoms with van der Waals surface area (Å²) in [5, 5.41) is 2.50. The van der Waals surface area contributed by atoms with Crippen molar-refractivity contribution in [3.05, 3.63) is 60.7 Å². The van der Waals surface area contributed by atoms with Crippen molar-refractivity contribution in [1.29, 1.82) is 0 Å². The summed E-state index contributed by atoms with van der Waals surface area (Å²) >= 11 is 6.59. The van der Waals surface area contributed by atoms with Gasteiger partial charge < -0.3 is 0 Å². The van der Waals surface area contributed by atoms with E-state index in [9.17, 15) is 0 Å². The van der Waals surface area contributed by atoms with Crippen molar-refractivity contribution in [1.82, 2.24) is 4.34 Å². The van der Waals surface area contributed by atoms with Crippen LogP contribution >= 0.6 is 18.3 Å². The molecule has 0 aliphatic carbocycles. The Balaban J connectivity index is 2.97. The van der Waals surface area contributed by atoms with E-state index in [4.69, 9.17) is 15.8 Å². The fourth-order valence-corrected chi connectivity index (χ4v) is 10.1. The van der Waals surface area contributed by atoms with Crippen LogP contribution in [0.25, 0.3) is 0 Å². The van der Waals surface area contributed by atoms with E-state index in [1.165, 1.54) is 10.6 Å². The van der Waals surface area contributed by atoms with Crippen molar-refractivity contribution in [3.63, 3.8) is 0 Å². The first-order valence-corrected chi connectivity index (χ1v) is 12.2. The van der Waals surface area contributed by atoms with Crippen LogP contribution in [0.2, 0.25) is 0 Å². The van der Waals surface area contributed by atoms with Gasteiger partial charge in [0.1, 0.15) is 0 Å². The molecule has 0 unspecified atom stereocenters. The van der Waals surface area contributed by atoms with Crippen molar-refractivity contribution < 1.29 is 0 Å². The molecule has 2 aromatic rings. The summed E-state index contributed by atoms with van der Waals surface area (Å²) in [5.74, 6) is 0. The summed E-state index contributed by atoms with van der Waals surface area (Å²) in [6, 6.07) is 21.3. The third kappa shape index (κ3) is 4.65. The number of hydrogen-bond acceptors (Lipinski definition) is 1. The van der Waals surface area contributed by atoms with Crippen LogP contribution in [0.1, 0.15) is 41.5 Å². The molecule has 25 heavy (non-hydrogen) atoms. The van der Waals surface area contributed by atoms with Crippen LogP contribution in [0.3, 0.4) is 0 Å². The molecule has 5 heteroatoms. The van der Waals surface area contributed by atoms with Crippen LogP contribution in [0, 0.1) is 0 Å². The van der Waals surface area contributed by atoms with Gasteiger partial charge in [0.15, 0.2) is 0 Å². The van der Waals surface area contributed by atoms with Gasteiger partial charge in [-0.25, -0.2) is 0 Å². The van der Waals surface area contributed by atoms with Crippen LogP contribution < -0.4 is 10.6 Å². The molecule has 0 aromatic heterocycles. The van der Waals surface area contributed by atoms with Crippen molar-refractivity contribution in [2.75, 3.05) is 0 Å². The highest BCUT2D eigenvalue weighted by Gasteiger charge is 2.39. The molecule has 0 aliphatic rings. The highest BCUT2D eigenvalue weighted by molar-refractivity contribution is 7.80. The maximum Gasteiger partial charge on any atom is 0.279 e. The highest BCUT2D eigenvalue weighted by atomic mass is 35.6. The largest absolute Gasteiger partial charge is 0.279 e. The SMILES string of the molecule is CC(C)(C)N=P(c1ccccc1)(c1ccccc1)N([Si]Cl)C(C)(C)C. The van der Waals surface area contributed by atoms with Gasteiger partial charge in [-0.1, -0.05) is 60.7 Å². The van der Waals surface area contributed by atoms with E-state index in [2.05, 4.69) is 107 Å². The maximum absolute atomic E-state index is 6.59. The van der Waals surface area contributed by atoms with E-state index < -0.39 is 7.21 Å². The minimum absolute atomic E-state index is 0.103. The zero-order valence-corrected chi connectivity index (χ0v) is 18.6. The predicted molar refractivity (Wildman–Crippen MR) is 114 cm³/mol. The molecule has 0 saturated heterocycles. The molecule has 2 aromatic carbocycles. The average molecular weight is 391 g/mol. The molecule has 0 aliphatic heterocycles. The standard InChI is InChI=1S/C20H28ClN2PSi/c1-19(2,3)22-24(17-13-9-7-10-14-17,18-15-11-8-12-16-18)23(25-21)20(4,5)6/h7-16H,1-6H3. The normalized spacial score (nSPS) is 13.1. The fourth-order valence-electron chi connectivity index (χ4n) is 2.86. The highest BCUT2D eigenvalue weighted by Crippen LogP contribution is 2.55. The molecule has 0 N–H and O–H groups in total. The Kier molecular flexibility index (Phi) is 6.38. The summed E-state index contributed by atoms with van der Waals surface area (Å²) < 4.78 is 7.89. The van der Waals surface area contributed by atoms with Gasteiger partial charge in [-0.2, -0.15) is 0 Å². The topological polar surface area (TPSA) is 15.6 Å². The minimum Gasteiger partial charge on any atom is -0.274 e. The van der Waals surface area contributed by atoms with Gasteiger partial charge in [-0.3, -0.25) is 9.08 Å². The lowest BCUT2D eigenvalue weighted by Gasteiger charge is -2.45. The van der Waals surface area contributed by atoms with E-state index in [1.54, 1.807) is 0 Å². The zero-order chi connectivity index (χ0) is 18.7. The minimum atomic E-state index is -2.22. The van der Waals surface area contributed by atoms with Crippen LogP contribution in [-0.2, 0) is 0 Å². The Morgan fingerprint density at radius 1 is 0.800 bits per heavy atom. The summed E-state index contributed by atoms with van der Waals surface area (Å²) in [6.07, 6.45) is 0. The zero-order valence-electron chi connectivity index (χ0n) is 16.0. The molecule has 134 valence electrons. The van der Waals surface area contributed by atoms with Gasteiger partial charge in [0.2, 0.25) is 0 Å². The smallest absolute Gasteiger partial charge is 0.274 e. The summed E-state index contributed by atoms with van der Waals surface area (Å²) in [5.41, 5.74) is -0.284. The molecule has 2 rings (SSSR count). The lowest BCUT2D eigenvalue weighted by atomic mass is 10.1. The van der Waals surface area contributed by atoms with Gasteiger partial charge >= 0.3 is 0 Å². The molecular weight excluding hydrogens is 363 g/mol. The average Bonchev–Trinajstić information content (AvgIpc) is 2.53. The molecule has 0 atom stereocenters. The van der Waals surface area contributed by atoms with Crippen molar-refractivity contribution >= 4 is 37.9 Å². The molecule has 2 radical (unpaired) electrons. The van der Waals surface area contributed by atoms with E-state index in [0.717, 1.165) is 0 Å². The molecule has 0 heterocycles. The first kappa shape index (κ1) is 20.4. The Morgan fingerprint density at radius 2 is 1.20 bits per heavy atom. The van der Waals surface area contributed by atoms with Crippen LogP contribution in [-0.4, -0.2) is 24.4 Å². The van der Waals surface area contributed by atoms with Crippen LogP contribution in [0.15, 0.2) is 65.4 Å². The first-order valence-electron chi connectivity index (χ1n) is 8.53. The fraction of sp³-hybridized carbons (Fsp3) is 0.400. The number of benzene rings is 2. The quantitative estimate of drug-likeness (QED) is 0.386. The third-order valence-corrected chi connectivity index (χ3v) is 10.6. The van der Waals surface area contributed by atoms with Crippen molar-refractivity contribution in [2.45, 2.75) is 52.6 Å². The Bertz CT molecular complexity index is 690. The van der Waals surface area contributed by atoms with Gasteiger partial charge in [0, 0.05) is 16.1 Å². The second-order valence-electron chi connectivity index (χ2n) is 8.11. The Labute approximate surface area is 160 Å². The Morgan fingerprint density at radius 3 is 1.48 bits per heavy atom. The van der Waals surface area contributed by atoms with Gasteiger partial charge in [-0.05, 0) is 41.5 Å². The van der Waals surface area contributed by atoms with Crippen LogP contribution in [0.5, 0.6) is 0 Å². The second-order valence-corrected chi connectivity index (χ2v) is 12.4. The van der Waals surface area contributed by atoms with E-state index >= 15 is 0 Å². The van der Waals surface area contributed by atoms with Gasteiger partial charge in [0.25, 0.3) is 8.99 Å². The molecule has 2 nitrogen and oxygen atoms in total. The van der Waals surface area contributed by atoms with Gasteiger partial charge in [-0.15, -0.1) is 11.1 Å². The molecule has 0 bridgehead atoms. The van der Waals surface area contributed by atoms with Crippen molar-refractivity contribution in [3.8, 4) is 0 Å². The van der Waals surface area contributed by atoms with Crippen molar-refractivity contribution in [2.24, 2.45) is 4.74 Å². The first-order chi connectivity index (χ1) is 11.6. The lowest BCUT2D eigenvalue weighted by molar-refractivity contribution is 0.387. The molecular formula is C20H28ClN2PSi. The predicted octanol–water partition coefficient (Wildman–Crippen LogP) is 5.43. The molecule has 0 amide bonds. The third-order valence-electron chi connectivity index (χ3n) is 3.68. The van der Waals surface area contributed by atoms with Crippen LogP contribution in [0.4, 0.5) is 0 Å². The van der Waals surface area contributed by atoms with Gasteiger partial charge in [0.05, 0.1) is 12.7 Å². The van der Waals surface area contributed by atoms with E-state index in [0.29, 0.717) is 0 Å². The monoisotopic (exact) mass is 390 g/mol. The Hall–Kier alpha value is -0.863. The number of nitrogens with zero attached hydrogens (tertiary/aromatic N) is 2. The number of halogens is 1. The number of hydrogen-bond donors (Lipinski definition) is 0. The summed E-state index contributed by atoms with van der Waals surface area (Å²) in [6.45, 7) is 13.2. The molecule has 0 fully saturated rings. The van der Waals surface area contributed by atoms with E-state index in [-0.39, 0.29) is 20.1 Å². The molecule has 0 saturated carbocycles. The summed E-state index contributed by atoms with van der Waals surface area (Å²) in [4.78, 5) is 0. The summed E-state index contributed by atoms with van der Waals surface area (Å²) in [7, 11) is -2.07. The maximum atomic E-state index is 6.59. The number of rotatable bonds is 4.